The fourth-order valence-electron chi connectivity index (χ4n) is 4.97. The van der Waals surface area contributed by atoms with Crippen LogP contribution in [-0.4, -0.2) is 4.98 Å². The van der Waals surface area contributed by atoms with Crippen molar-refractivity contribution in [2.24, 2.45) is 0 Å². The van der Waals surface area contributed by atoms with Crippen LogP contribution in [0, 0.1) is 0 Å². The van der Waals surface area contributed by atoms with E-state index in [1.54, 1.807) is 0 Å². The molecule has 0 aliphatic carbocycles. The van der Waals surface area contributed by atoms with Crippen molar-refractivity contribution in [2.75, 3.05) is 0 Å². The molecule has 0 unspecified atom stereocenters. The average Bonchev–Trinajstić information content (AvgIpc) is 3.43. The maximum absolute atomic E-state index is 6.63. The standard InChI is InChI=1S/C30H19NO/c1-2-9-19(10-3-1)20-12-6-16-25-26-17-8-15-24(30(26)32-29(20)25)23-14-7-13-22-21-11-4-5-18-27(21)31-28(22)23/h1-18,31H. The number of hydrogen-bond acceptors (Lipinski definition) is 1. The number of para-hydroxylation sites is 4. The lowest BCUT2D eigenvalue weighted by atomic mass is 9.99. The number of hydrogen-bond donors (Lipinski definition) is 1. The number of rotatable bonds is 2. The van der Waals surface area contributed by atoms with Crippen LogP contribution < -0.4 is 0 Å². The van der Waals surface area contributed by atoms with E-state index in [-0.39, 0.29) is 0 Å². The normalized spacial score (nSPS) is 11.8. The fraction of sp³-hybridized carbons (Fsp3) is 0. The van der Waals surface area contributed by atoms with E-state index in [0.29, 0.717) is 0 Å². The molecule has 150 valence electrons. The van der Waals surface area contributed by atoms with Gasteiger partial charge in [0.25, 0.3) is 0 Å². The van der Waals surface area contributed by atoms with Gasteiger partial charge in [-0.25, -0.2) is 0 Å². The molecule has 5 aromatic carbocycles. The zero-order valence-corrected chi connectivity index (χ0v) is 17.3. The second-order valence-electron chi connectivity index (χ2n) is 8.23. The van der Waals surface area contributed by atoms with Crippen LogP contribution in [0.5, 0.6) is 0 Å². The van der Waals surface area contributed by atoms with Gasteiger partial charge in [-0.15, -0.1) is 0 Å². The van der Waals surface area contributed by atoms with Crippen LogP contribution in [0.2, 0.25) is 0 Å². The van der Waals surface area contributed by atoms with Gasteiger partial charge < -0.3 is 9.40 Å². The van der Waals surface area contributed by atoms with Crippen LogP contribution >= 0.6 is 0 Å². The number of furan rings is 1. The maximum atomic E-state index is 6.63. The van der Waals surface area contributed by atoms with Crippen molar-refractivity contribution >= 4 is 43.7 Å². The Kier molecular flexibility index (Phi) is 3.58. The van der Waals surface area contributed by atoms with E-state index in [9.17, 15) is 0 Å². The zero-order valence-electron chi connectivity index (χ0n) is 17.3. The Balaban J connectivity index is 1.56. The van der Waals surface area contributed by atoms with Gasteiger partial charge >= 0.3 is 0 Å². The highest BCUT2D eigenvalue weighted by Crippen LogP contribution is 2.41. The average molecular weight is 409 g/mol. The minimum absolute atomic E-state index is 0.928. The Morgan fingerprint density at radius 2 is 1.03 bits per heavy atom. The fourth-order valence-corrected chi connectivity index (χ4v) is 4.97. The smallest absolute Gasteiger partial charge is 0.143 e. The molecule has 0 bridgehead atoms. The third-order valence-corrected chi connectivity index (χ3v) is 6.44. The first-order valence-electron chi connectivity index (χ1n) is 10.9. The molecule has 0 fully saturated rings. The van der Waals surface area contributed by atoms with Gasteiger partial charge in [-0.1, -0.05) is 103 Å². The van der Waals surface area contributed by atoms with Gasteiger partial charge in [0.2, 0.25) is 0 Å². The molecule has 2 nitrogen and oxygen atoms in total. The van der Waals surface area contributed by atoms with Gasteiger partial charge in [-0.3, -0.25) is 0 Å². The molecule has 0 saturated heterocycles. The summed E-state index contributed by atoms with van der Waals surface area (Å²) in [7, 11) is 0. The molecule has 0 saturated carbocycles. The van der Waals surface area contributed by atoms with Gasteiger partial charge in [0.1, 0.15) is 11.2 Å². The van der Waals surface area contributed by atoms with Gasteiger partial charge in [0.15, 0.2) is 0 Å². The summed E-state index contributed by atoms with van der Waals surface area (Å²) >= 11 is 0. The number of aromatic nitrogens is 1. The molecular formula is C30H19NO. The summed E-state index contributed by atoms with van der Waals surface area (Å²) in [5, 5.41) is 4.76. The largest absolute Gasteiger partial charge is 0.455 e. The van der Waals surface area contributed by atoms with Crippen LogP contribution in [0.1, 0.15) is 0 Å². The SMILES string of the molecule is c1ccc(-c2cccc3c2oc2c(-c4cccc5c4[nH]c4ccccc45)cccc23)cc1. The number of H-pyrrole nitrogens is 1. The van der Waals surface area contributed by atoms with Crippen LogP contribution in [0.25, 0.3) is 66.0 Å². The lowest BCUT2D eigenvalue weighted by molar-refractivity contribution is 0.671. The van der Waals surface area contributed by atoms with Gasteiger partial charge in [0.05, 0.1) is 5.52 Å². The van der Waals surface area contributed by atoms with Gasteiger partial charge in [0, 0.05) is 43.8 Å². The number of aromatic amines is 1. The highest BCUT2D eigenvalue weighted by atomic mass is 16.3. The van der Waals surface area contributed by atoms with Crippen molar-refractivity contribution in [3.8, 4) is 22.3 Å². The monoisotopic (exact) mass is 409 g/mol. The molecule has 0 radical (unpaired) electrons. The number of benzene rings is 5. The lowest BCUT2D eigenvalue weighted by Crippen LogP contribution is -1.81. The number of nitrogens with one attached hydrogen (secondary N) is 1. The Hall–Kier alpha value is -4.30. The summed E-state index contributed by atoms with van der Waals surface area (Å²) in [6, 6.07) is 38.3. The predicted octanol–water partition coefficient (Wildman–Crippen LogP) is 8.55. The van der Waals surface area contributed by atoms with E-state index in [0.717, 1.165) is 55.2 Å². The van der Waals surface area contributed by atoms with Crippen molar-refractivity contribution in [3.05, 3.63) is 109 Å². The first kappa shape index (κ1) is 17.4. The third-order valence-electron chi connectivity index (χ3n) is 6.44. The molecule has 7 rings (SSSR count). The van der Waals surface area contributed by atoms with Gasteiger partial charge in [-0.05, 0) is 11.6 Å². The minimum atomic E-state index is 0.928. The highest BCUT2D eigenvalue weighted by Gasteiger charge is 2.17. The highest BCUT2D eigenvalue weighted by molar-refractivity contribution is 6.17. The van der Waals surface area contributed by atoms with Crippen molar-refractivity contribution in [3.63, 3.8) is 0 Å². The van der Waals surface area contributed by atoms with Crippen LogP contribution in [0.3, 0.4) is 0 Å². The molecule has 0 aliphatic rings. The molecule has 0 atom stereocenters. The summed E-state index contributed by atoms with van der Waals surface area (Å²) in [5.74, 6) is 0. The van der Waals surface area contributed by atoms with Crippen molar-refractivity contribution in [2.45, 2.75) is 0 Å². The molecule has 7 aromatic rings. The number of fused-ring (bicyclic) bond motifs is 6. The second kappa shape index (κ2) is 6.60. The van der Waals surface area contributed by atoms with E-state index in [4.69, 9.17) is 4.42 Å². The summed E-state index contributed by atoms with van der Waals surface area (Å²) in [5.41, 5.74) is 8.70. The van der Waals surface area contributed by atoms with Crippen molar-refractivity contribution in [1.82, 2.24) is 4.98 Å². The Labute approximate surface area is 184 Å². The van der Waals surface area contributed by atoms with Crippen LogP contribution in [0.15, 0.2) is 114 Å². The topological polar surface area (TPSA) is 28.9 Å². The first-order chi connectivity index (χ1) is 15.9. The molecule has 2 aromatic heterocycles. The summed E-state index contributed by atoms with van der Waals surface area (Å²) in [4.78, 5) is 3.64. The van der Waals surface area contributed by atoms with E-state index >= 15 is 0 Å². The predicted molar refractivity (Wildman–Crippen MR) is 134 cm³/mol. The van der Waals surface area contributed by atoms with Crippen molar-refractivity contribution < 1.29 is 4.42 Å². The second-order valence-corrected chi connectivity index (χ2v) is 8.23. The van der Waals surface area contributed by atoms with Gasteiger partial charge in [-0.2, -0.15) is 0 Å². The van der Waals surface area contributed by atoms with E-state index in [2.05, 4.69) is 108 Å². The molecule has 1 N–H and O–H groups in total. The van der Waals surface area contributed by atoms with Crippen LogP contribution in [-0.2, 0) is 0 Å². The lowest BCUT2D eigenvalue weighted by Gasteiger charge is -2.05. The third kappa shape index (κ3) is 2.41. The Bertz CT molecular complexity index is 1770. The summed E-state index contributed by atoms with van der Waals surface area (Å²) in [6.45, 7) is 0. The zero-order chi connectivity index (χ0) is 21.1. The molecule has 0 amide bonds. The molecular weight excluding hydrogens is 390 g/mol. The quantitative estimate of drug-likeness (QED) is 0.304. The van der Waals surface area contributed by atoms with E-state index < -0.39 is 0 Å². The summed E-state index contributed by atoms with van der Waals surface area (Å²) in [6.07, 6.45) is 0. The van der Waals surface area contributed by atoms with Crippen LogP contribution in [0.4, 0.5) is 0 Å². The Morgan fingerprint density at radius 1 is 0.438 bits per heavy atom. The Morgan fingerprint density at radius 3 is 1.84 bits per heavy atom. The first-order valence-corrected chi connectivity index (χ1v) is 10.9. The molecule has 0 spiro atoms. The molecule has 0 aliphatic heterocycles. The molecule has 32 heavy (non-hydrogen) atoms. The summed E-state index contributed by atoms with van der Waals surface area (Å²) < 4.78 is 6.63. The maximum Gasteiger partial charge on any atom is 0.143 e. The van der Waals surface area contributed by atoms with E-state index in [1.807, 2.05) is 6.07 Å². The van der Waals surface area contributed by atoms with Crippen molar-refractivity contribution in [1.29, 1.82) is 0 Å². The molecule has 2 heterocycles. The molecule has 2 heteroatoms. The minimum Gasteiger partial charge on any atom is -0.455 e. The van der Waals surface area contributed by atoms with E-state index in [1.165, 1.54) is 10.8 Å².